The number of aryl methyl sites for hydroxylation is 1. The molecule has 0 saturated heterocycles. The first kappa shape index (κ1) is 16.3. The normalized spacial score (nSPS) is 10.7. The van der Waals surface area contributed by atoms with Crippen molar-refractivity contribution in [3.63, 3.8) is 0 Å². The van der Waals surface area contributed by atoms with E-state index in [1.807, 2.05) is 66.1 Å². The minimum Gasteiger partial charge on any atom is -0.481 e. The van der Waals surface area contributed by atoms with Crippen LogP contribution in [0.4, 0.5) is 0 Å². The number of carbonyl (C=O) groups is 1. The molecule has 1 aromatic heterocycles. The minimum absolute atomic E-state index is 0.0463. The summed E-state index contributed by atoms with van der Waals surface area (Å²) in [5, 5.41) is 18.0. The highest BCUT2D eigenvalue weighted by Gasteiger charge is 2.16. The van der Waals surface area contributed by atoms with Crippen molar-refractivity contribution < 1.29 is 9.90 Å². The summed E-state index contributed by atoms with van der Waals surface area (Å²) in [5.74, 6) is -0.129. The average Bonchev–Trinajstić information content (AvgIpc) is 2.97. The number of carboxylic acids is 1. The molecule has 0 amide bonds. The summed E-state index contributed by atoms with van der Waals surface area (Å²) in [7, 11) is 0. The largest absolute Gasteiger partial charge is 0.481 e. The number of thioether (sulfide) groups is 1. The molecule has 2 aromatic carbocycles. The van der Waals surface area contributed by atoms with Crippen molar-refractivity contribution in [3.05, 3.63) is 71.5 Å². The van der Waals surface area contributed by atoms with Crippen LogP contribution in [0.5, 0.6) is 0 Å². The van der Waals surface area contributed by atoms with Crippen LogP contribution >= 0.6 is 11.8 Å². The molecule has 0 saturated carbocycles. The van der Waals surface area contributed by atoms with Crippen LogP contribution in [-0.4, -0.2) is 31.6 Å². The Morgan fingerprint density at radius 2 is 1.79 bits per heavy atom. The van der Waals surface area contributed by atoms with Gasteiger partial charge in [-0.05, 0) is 24.6 Å². The molecule has 0 spiro atoms. The first-order valence-corrected chi connectivity index (χ1v) is 8.52. The molecule has 24 heavy (non-hydrogen) atoms. The van der Waals surface area contributed by atoms with E-state index >= 15 is 0 Å². The molecule has 0 unspecified atom stereocenters. The number of nitrogens with zero attached hydrogens (tertiary/aromatic N) is 3. The second kappa shape index (κ2) is 7.31. The average molecular weight is 339 g/mol. The van der Waals surface area contributed by atoms with Gasteiger partial charge in [0.15, 0.2) is 5.16 Å². The van der Waals surface area contributed by atoms with Gasteiger partial charge in [0.1, 0.15) is 5.82 Å². The zero-order valence-electron chi connectivity index (χ0n) is 13.2. The topological polar surface area (TPSA) is 68.0 Å². The van der Waals surface area contributed by atoms with Crippen LogP contribution in [0.1, 0.15) is 17.0 Å². The Morgan fingerprint density at radius 1 is 1.08 bits per heavy atom. The van der Waals surface area contributed by atoms with Crippen molar-refractivity contribution in [1.29, 1.82) is 0 Å². The van der Waals surface area contributed by atoms with Gasteiger partial charge in [-0.1, -0.05) is 59.8 Å². The summed E-state index contributed by atoms with van der Waals surface area (Å²) in [6, 6.07) is 18.1. The molecule has 3 rings (SSSR count). The van der Waals surface area contributed by atoms with E-state index in [-0.39, 0.29) is 5.75 Å². The van der Waals surface area contributed by atoms with E-state index < -0.39 is 5.97 Å². The maximum absolute atomic E-state index is 10.9. The zero-order chi connectivity index (χ0) is 16.9. The molecule has 122 valence electrons. The number of rotatable bonds is 6. The number of hydrogen-bond donors (Lipinski definition) is 1. The Labute approximate surface area is 144 Å². The molecule has 0 aliphatic carbocycles. The van der Waals surface area contributed by atoms with Gasteiger partial charge in [0.2, 0.25) is 0 Å². The number of aliphatic carboxylic acids is 1. The lowest BCUT2D eigenvalue weighted by molar-refractivity contribution is -0.133. The lowest BCUT2D eigenvalue weighted by Gasteiger charge is -2.10. The highest BCUT2D eigenvalue weighted by atomic mass is 32.2. The third-order valence-corrected chi connectivity index (χ3v) is 4.44. The van der Waals surface area contributed by atoms with Crippen molar-refractivity contribution in [3.8, 4) is 5.69 Å². The van der Waals surface area contributed by atoms with Gasteiger partial charge in [0.05, 0.1) is 5.75 Å². The van der Waals surface area contributed by atoms with Crippen LogP contribution in [0, 0.1) is 6.92 Å². The van der Waals surface area contributed by atoms with E-state index in [2.05, 4.69) is 10.2 Å². The molecule has 0 atom stereocenters. The molecule has 1 N–H and O–H groups in total. The molecule has 0 fully saturated rings. The summed E-state index contributed by atoms with van der Waals surface area (Å²) >= 11 is 1.18. The van der Waals surface area contributed by atoms with E-state index in [0.717, 1.165) is 22.6 Å². The summed E-state index contributed by atoms with van der Waals surface area (Å²) in [4.78, 5) is 10.9. The lowest BCUT2D eigenvalue weighted by Crippen LogP contribution is -2.05. The fraction of sp³-hybridized carbons (Fsp3) is 0.167. The van der Waals surface area contributed by atoms with Crippen LogP contribution in [0.25, 0.3) is 5.69 Å². The van der Waals surface area contributed by atoms with Gasteiger partial charge in [0.25, 0.3) is 0 Å². The van der Waals surface area contributed by atoms with Crippen LogP contribution in [0.15, 0.2) is 59.8 Å². The third-order valence-electron chi connectivity index (χ3n) is 3.52. The van der Waals surface area contributed by atoms with Gasteiger partial charge in [0, 0.05) is 12.1 Å². The highest BCUT2D eigenvalue weighted by Crippen LogP contribution is 2.23. The predicted octanol–water partition coefficient (Wildman–Crippen LogP) is 3.34. The van der Waals surface area contributed by atoms with E-state index in [9.17, 15) is 4.79 Å². The molecule has 3 aromatic rings. The van der Waals surface area contributed by atoms with Gasteiger partial charge in [-0.25, -0.2) is 0 Å². The second-order valence-electron chi connectivity index (χ2n) is 5.41. The van der Waals surface area contributed by atoms with Gasteiger partial charge >= 0.3 is 5.97 Å². The molecule has 0 aliphatic heterocycles. The zero-order valence-corrected chi connectivity index (χ0v) is 14.0. The Kier molecular flexibility index (Phi) is 4.96. The monoisotopic (exact) mass is 339 g/mol. The Balaban J connectivity index is 1.98. The van der Waals surface area contributed by atoms with E-state index in [1.54, 1.807) is 0 Å². The molecule has 1 heterocycles. The SMILES string of the molecule is Cc1ccc(-n2c(Cc3ccccc3)nnc2SCC(=O)O)cc1. The smallest absolute Gasteiger partial charge is 0.313 e. The van der Waals surface area contributed by atoms with Crippen LogP contribution in [-0.2, 0) is 11.2 Å². The first-order chi connectivity index (χ1) is 11.6. The summed E-state index contributed by atoms with van der Waals surface area (Å²) in [5.41, 5.74) is 3.23. The van der Waals surface area contributed by atoms with Crippen LogP contribution in [0.3, 0.4) is 0 Å². The summed E-state index contributed by atoms with van der Waals surface area (Å²) < 4.78 is 1.93. The highest BCUT2D eigenvalue weighted by molar-refractivity contribution is 7.99. The molecular formula is C18H17N3O2S. The maximum Gasteiger partial charge on any atom is 0.313 e. The Morgan fingerprint density at radius 3 is 2.46 bits per heavy atom. The number of hydrogen-bond acceptors (Lipinski definition) is 4. The molecular weight excluding hydrogens is 322 g/mol. The second-order valence-corrected chi connectivity index (χ2v) is 6.36. The summed E-state index contributed by atoms with van der Waals surface area (Å²) in [6.45, 7) is 2.03. The predicted molar refractivity (Wildman–Crippen MR) is 93.7 cm³/mol. The maximum atomic E-state index is 10.9. The number of aromatic nitrogens is 3. The quantitative estimate of drug-likeness (QED) is 0.698. The van der Waals surface area contributed by atoms with Gasteiger partial charge in [-0.3, -0.25) is 9.36 Å². The van der Waals surface area contributed by atoms with Crippen molar-refractivity contribution in [2.45, 2.75) is 18.5 Å². The van der Waals surface area contributed by atoms with E-state index in [4.69, 9.17) is 5.11 Å². The van der Waals surface area contributed by atoms with Gasteiger partial charge in [-0.2, -0.15) is 0 Å². The minimum atomic E-state index is -0.872. The molecule has 0 aliphatic rings. The van der Waals surface area contributed by atoms with Crippen LogP contribution in [0.2, 0.25) is 0 Å². The van der Waals surface area contributed by atoms with Crippen molar-refractivity contribution in [1.82, 2.24) is 14.8 Å². The van der Waals surface area contributed by atoms with Gasteiger partial charge in [-0.15, -0.1) is 10.2 Å². The lowest BCUT2D eigenvalue weighted by atomic mass is 10.1. The Hall–Kier alpha value is -2.60. The van der Waals surface area contributed by atoms with Crippen molar-refractivity contribution in [2.24, 2.45) is 0 Å². The van der Waals surface area contributed by atoms with Crippen LogP contribution < -0.4 is 0 Å². The molecule has 5 nitrogen and oxygen atoms in total. The van der Waals surface area contributed by atoms with Crippen molar-refractivity contribution in [2.75, 3.05) is 5.75 Å². The molecule has 0 bridgehead atoms. The van der Waals surface area contributed by atoms with E-state index in [0.29, 0.717) is 11.6 Å². The fourth-order valence-corrected chi connectivity index (χ4v) is 3.06. The van der Waals surface area contributed by atoms with Gasteiger partial charge < -0.3 is 5.11 Å². The summed E-state index contributed by atoms with van der Waals surface area (Å²) in [6.07, 6.45) is 0.634. The fourth-order valence-electron chi connectivity index (χ4n) is 2.37. The van der Waals surface area contributed by atoms with Crippen molar-refractivity contribution >= 4 is 17.7 Å². The number of benzene rings is 2. The number of carboxylic acid groups (broad SMARTS) is 1. The van der Waals surface area contributed by atoms with E-state index in [1.165, 1.54) is 11.8 Å². The first-order valence-electron chi connectivity index (χ1n) is 7.53. The molecule has 0 radical (unpaired) electrons. The third kappa shape index (κ3) is 3.83. The standard InChI is InChI=1S/C18H17N3O2S/c1-13-7-9-15(10-8-13)21-16(11-14-5-3-2-4-6-14)19-20-18(21)24-12-17(22)23/h2-10H,11-12H2,1H3,(H,22,23). The molecule has 6 heteroatoms. The Bertz CT molecular complexity index is 829.